The van der Waals surface area contributed by atoms with Crippen LogP contribution in [0.3, 0.4) is 0 Å². The maximum atomic E-state index is 12.2. The third kappa shape index (κ3) is 4.19. The first-order valence-electron chi connectivity index (χ1n) is 6.31. The SMILES string of the molecule is CCCC(CN)NS(=O)(=O)c1ccc(OC)c(C)c1. The lowest BCUT2D eigenvalue weighted by atomic mass is 10.2. The molecule has 0 radical (unpaired) electrons. The molecule has 0 saturated heterocycles. The van der Waals surface area contributed by atoms with Gasteiger partial charge in [0.05, 0.1) is 12.0 Å². The molecule has 0 aliphatic rings. The summed E-state index contributed by atoms with van der Waals surface area (Å²) in [5.41, 5.74) is 6.36. The Labute approximate surface area is 115 Å². The molecule has 1 atom stereocenters. The third-order valence-corrected chi connectivity index (χ3v) is 4.44. The Bertz CT molecular complexity index is 515. The molecule has 1 rings (SSSR count). The smallest absolute Gasteiger partial charge is 0.240 e. The van der Waals surface area contributed by atoms with E-state index in [1.54, 1.807) is 19.2 Å². The number of hydrogen-bond donors (Lipinski definition) is 2. The second-order valence-electron chi connectivity index (χ2n) is 4.47. The lowest BCUT2D eigenvalue weighted by Crippen LogP contribution is -2.40. The van der Waals surface area contributed by atoms with Crippen LogP contribution in [-0.2, 0) is 10.0 Å². The fourth-order valence-corrected chi connectivity index (χ4v) is 3.25. The highest BCUT2D eigenvalue weighted by molar-refractivity contribution is 7.89. The van der Waals surface area contributed by atoms with E-state index in [-0.39, 0.29) is 10.9 Å². The molecule has 19 heavy (non-hydrogen) atoms. The minimum Gasteiger partial charge on any atom is -0.496 e. The van der Waals surface area contributed by atoms with E-state index in [0.717, 1.165) is 18.4 Å². The van der Waals surface area contributed by atoms with Crippen molar-refractivity contribution in [1.82, 2.24) is 4.72 Å². The van der Waals surface area contributed by atoms with Crippen molar-refractivity contribution in [2.75, 3.05) is 13.7 Å². The number of hydrogen-bond acceptors (Lipinski definition) is 4. The van der Waals surface area contributed by atoms with Gasteiger partial charge in [-0.25, -0.2) is 13.1 Å². The number of sulfonamides is 1. The van der Waals surface area contributed by atoms with Crippen LogP contribution in [0, 0.1) is 6.92 Å². The highest BCUT2D eigenvalue weighted by Crippen LogP contribution is 2.21. The zero-order valence-corrected chi connectivity index (χ0v) is 12.5. The van der Waals surface area contributed by atoms with Crippen molar-refractivity contribution >= 4 is 10.0 Å². The van der Waals surface area contributed by atoms with E-state index in [9.17, 15) is 8.42 Å². The highest BCUT2D eigenvalue weighted by atomic mass is 32.2. The summed E-state index contributed by atoms with van der Waals surface area (Å²) < 4.78 is 32.2. The minimum atomic E-state index is -3.53. The van der Waals surface area contributed by atoms with Gasteiger partial charge in [0.25, 0.3) is 0 Å². The predicted octanol–water partition coefficient (Wildman–Crippen LogP) is 1.41. The molecule has 1 aromatic carbocycles. The van der Waals surface area contributed by atoms with E-state index in [1.165, 1.54) is 6.07 Å². The van der Waals surface area contributed by atoms with Gasteiger partial charge < -0.3 is 10.5 Å². The van der Waals surface area contributed by atoms with Gasteiger partial charge in [-0.1, -0.05) is 13.3 Å². The summed E-state index contributed by atoms with van der Waals surface area (Å²) in [7, 11) is -1.97. The zero-order valence-electron chi connectivity index (χ0n) is 11.6. The molecule has 0 aliphatic carbocycles. The summed E-state index contributed by atoms with van der Waals surface area (Å²) in [5, 5.41) is 0. The molecule has 0 fully saturated rings. The van der Waals surface area contributed by atoms with Gasteiger partial charge in [0.2, 0.25) is 10.0 Å². The Kier molecular flexibility index (Phi) is 5.78. The van der Waals surface area contributed by atoms with Crippen LogP contribution in [0.15, 0.2) is 23.1 Å². The van der Waals surface area contributed by atoms with Gasteiger partial charge in [-0.05, 0) is 37.1 Å². The lowest BCUT2D eigenvalue weighted by Gasteiger charge is -2.16. The van der Waals surface area contributed by atoms with Gasteiger partial charge in [-0.2, -0.15) is 0 Å². The fraction of sp³-hybridized carbons (Fsp3) is 0.538. The average molecular weight is 286 g/mol. The van der Waals surface area contributed by atoms with Crippen molar-refractivity contribution in [2.24, 2.45) is 5.73 Å². The number of nitrogens with one attached hydrogen (secondary N) is 1. The van der Waals surface area contributed by atoms with Crippen LogP contribution in [0.4, 0.5) is 0 Å². The van der Waals surface area contributed by atoms with Gasteiger partial charge in [-0.15, -0.1) is 0 Å². The molecule has 0 aromatic heterocycles. The molecule has 3 N–H and O–H groups in total. The normalized spacial score (nSPS) is 13.3. The summed E-state index contributed by atoms with van der Waals surface area (Å²) in [6.45, 7) is 4.10. The fourth-order valence-electron chi connectivity index (χ4n) is 1.88. The molecule has 0 heterocycles. The Hall–Kier alpha value is -1.11. The molecule has 0 amide bonds. The maximum Gasteiger partial charge on any atom is 0.240 e. The van der Waals surface area contributed by atoms with Crippen LogP contribution < -0.4 is 15.2 Å². The molecule has 1 unspecified atom stereocenters. The number of ether oxygens (including phenoxy) is 1. The summed E-state index contributed by atoms with van der Waals surface area (Å²) in [5.74, 6) is 0.669. The van der Waals surface area contributed by atoms with Gasteiger partial charge >= 0.3 is 0 Å². The van der Waals surface area contributed by atoms with Crippen LogP contribution in [0.5, 0.6) is 5.75 Å². The summed E-state index contributed by atoms with van der Waals surface area (Å²) in [6, 6.07) is 4.56. The van der Waals surface area contributed by atoms with Crippen LogP contribution in [0.25, 0.3) is 0 Å². The highest BCUT2D eigenvalue weighted by Gasteiger charge is 2.19. The summed E-state index contributed by atoms with van der Waals surface area (Å²) in [6.07, 6.45) is 1.61. The van der Waals surface area contributed by atoms with Crippen LogP contribution >= 0.6 is 0 Å². The van der Waals surface area contributed by atoms with Gasteiger partial charge in [0.15, 0.2) is 0 Å². The first-order chi connectivity index (χ1) is 8.94. The van der Waals surface area contributed by atoms with Gasteiger partial charge in [0.1, 0.15) is 5.75 Å². The number of aryl methyl sites for hydroxylation is 1. The topological polar surface area (TPSA) is 81.4 Å². The number of benzene rings is 1. The van der Waals surface area contributed by atoms with E-state index in [1.807, 2.05) is 13.8 Å². The molecule has 0 bridgehead atoms. The van der Waals surface area contributed by atoms with Crippen molar-refractivity contribution in [3.63, 3.8) is 0 Å². The van der Waals surface area contributed by atoms with E-state index in [4.69, 9.17) is 10.5 Å². The molecular weight excluding hydrogens is 264 g/mol. The zero-order chi connectivity index (χ0) is 14.5. The Morgan fingerprint density at radius 2 is 2.11 bits per heavy atom. The van der Waals surface area contributed by atoms with E-state index < -0.39 is 10.0 Å². The minimum absolute atomic E-state index is 0.225. The van der Waals surface area contributed by atoms with Crippen LogP contribution in [0.1, 0.15) is 25.3 Å². The first kappa shape index (κ1) is 15.9. The Morgan fingerprint density at radius 1 is 1.42 bits per heavy atom. The van der Waals surface area contributed by atoms with Gasteiger partial charge in [0, 0.05) is 12.6 Å². The predicted molar refractivity (Wildman–Crippen MR) is 75.8 cm³/mol. The molecule has 0 aliphatic heterocycles. The Morgan fingerprint density at radius 3 is 2.58 bits per heavy atom. The van der Waals surface area contributed by atoms with Crippen molar-refractivity contribution in [3.8, 4) is 5.75 Å². The largest absolute Gasteiger partial charge is 0.496 e. The van der Waals surface area contributed by atoms with Crippen molar-refractivity contribution < 1.29 is 13.2 Å². The molecule has 108 valence electrons. The number of nitrogens with two attached hydrogens (primary N) is 1. The molecule has 0 saturated carbocycles. The van der Waals surface area contributed by atoms with Gasteiger partial charge in [-0.3, -0.25) is 0 Å². The molecule has 0 spiro atoms. The van der Waals surface area contributed by atoms with Crippen molar-refractivity contribution in [1.29, 1.82) is 0 Å². The van der Waals surface area contributed by atoms with E-state index >= 15 is 0 Å². The summed E-state index contributed by atoms with van der Waals surface area (Å²) in [4.78, 5) is 0.236. The monoisotopic (exact) mass is 286 g/mol. The van der Waals surface area contributed by atoms with Crippen molar-refractivity contribution in [2.45, 2.75) is 37.6 Å². The number of rotatable bonds is 7. The summed E-state index contributed by atoms with van der Waals surface area (Å²) >= 11 is 0. The Balaban J connectivity index is 2.96. The van der Waals surface area contributed by atoms with Crippen LogP contribution in [0.2, 0.25) is 0 Å². The van der Waals surface area contributed by atoms with Crippen LogP contribution in [-0.4, -0.2) is 28.1 Å². The second kappa shape index (κ2) is 6.88. The molecule has 6 heteroatoms. The van der Waals surface area contributed by atoms with E-state index in [0.29, 0.717) is 12.3 Å². The molecule has 5 nitrogen and oxygen atoms in total. The quantitative estimate of drug-likeness (QED) is 0.794. The molecule has 1 aromatic rings. The third-order valence-electron chi connectivity index (χ3n) is 2.92. The second-order valence-corrected chi connectivity index (χ2v) is 6.19. The lowest BCUT2D eigenvalue weighted by molar-refractivity contribution is 0.411. The first-order valence-corrected chi connectivity index (χ1v) is 7.80. The maximum absolute atomic E-state index is 12.2. The van der Waals surface area contributed by atoms with Crippen molar-refractivity contribution in [3.05, 3.63) is 23.8 Å². The average Bonchev–Trinajstić information content (AvgIpc) is 2.37. The molecular formula is C13H22N2O3S. The van der Waals surface area contributed by atoms with E-state index in [2.05, 4.69) is 4.72 Å². The standard InChI is InChI=1S/C13H22N2O3S/c1-4-5-11(9-14)15-19(16,17)12-6-7-13(18-3)10(2)8-12/h6-8,11,15H,4-5,9,14H2,1-3H3. The number of methoxy groups -OCH3 is 1.